The number of hydrogen-bond acceptors (Lipinski definition) is 6. The SMILES string of the molecule is O=C(NCC1CCS(=O)(=O)CC1)c1cc2cc(-c3cn[nH]c3)ccc2nc1NC1CC1. The Hall–Kier alpha value is -2.94. The van der Waals surface area contributed by atoms with E-state index in [1.54, 1.807) is 6.20 Å². The van der Waals surface area contributed by atoms with Crippen LogP contribution >= 0.6 is 0 Å². The number of sulfone groups is 1. The maximum atomic E-state index is 13.1. The number of aromatic amines is 1. The smallest absolute Gasteiger partial charge is 0.255 e. The molecular formula is C22H25N5O3S. The Labute approximate surface area is 180 Å². The number of nitrogens with one attached hydrogen (secondary N) is 3. The predicted molar refractivity (Wildman–Crippen MR) is 120 cm³/mol. The highest BCUT2D eigenvalue weighted by Crippen LogP contribution is 2.30. The number of fused-ring (bicyclic) bond motifs is 1. The molecule has 8 nitrogen and oxygen atoms in total. The standard InChI is InChI=1S/C22H25N5O3S/c28-22(23-11-14-5-7-31(29,30)8-6-14)19-10-16-9-15(17-12-24-25-13-17)1-4-20(16)27-21(19)26-18-2-3-18/h1,4,9-10,12-14,18H,2-3,5-8,11H2,(H,23,28)(H,24,25)(H,26,27). The number of nitrogens with zero attached hydrogens (tertiary/aromatic N) is 2. The lowest BCUT2D eigenvalue weighted by Gasteiger charge is -2.22. The van der Waals surface area contributed by atoms with Crippen molar-refractivity contribution in [3.05, 3.63) is 42.2 Å². The summed E-state index contributed by atoms with van der Waals surface area (Å²) in [5.74, 6) is 1.02. The van der Waals surface area contributed by atoms with E-state index in [2.05, 4.69) is 20.8 Å². The van der Waals surface area contributed by atoms with Crippen molar-refractivity contribution < 1.29 is 13.2 Å². The van der Waals surface area contributed by atoms with Crippen LogP contribution in [0.15, 0.2) is 36.7 Å². The Kier molecular flexibility index (Phi) is 5.13. The second-order valence-electron chi connectivity index (χ2n) is 8.50. The summed E-state index contributed by atoms with van der Waals surface area (Å²) in [5.41, 5.74) is 3.32. The van der Waals surface area contributed by atoms with Gasteiger partial charge in [0.1, 0.15) is 15.7 Å². The van der Waals surface area contributed by atoms with Crippen LogP contribution in [0.4, 0.5) is 5.82 Å². The number of carbonyl (C=O) groups is 1. The number of anilines is 1. The lowest BCUT2D eigenvalue weighted by molar-refractivity contribution is 0.0947. The summed E-state index contributed by atoms with van der Waals surface area (Å²) in [6.45, 7) is 0.477. The van der Waals surface area contributed by atoms with Crippen LogP contribution in [0.25, 0.3) is 22.0 Å². The third-order valence-corrected chi connectivity index (χ3v) is 7.75. The molecule has 1 saturated carbocycles. The van der Waals surface area contributed by atoms with Gasteiger partial charge < -0.3 is 10.6 Å². The zero-order valence-electron chi connectivity index (χ0n) is 17.1. The average molecular weight is 440 g/mol. The van der Waals surface area contributed by atoms with Crippen LogP contribution in [0.2, 0.25) is 0 Å². The predicted octanol–water partition coefficient (Wildman–Crippen LogP) is 2.75. The molecule has 31 heavy (non-hydrogen) atoms. The Balaban J connectivity index is 1.40. The summed E-state index contributed by atoms with van der Waals surface area (Å²) in [4.78, 5) is 17.8. The molecule has 5 rings (SSSR count). The number of amides is 1. The van der Waals surface area contributed by atoms with Crippen molar-refractivity contribution in [2.45, 2.75) is 31.7 Å². The van der Waals surface area contributed by atoms with Crippen molar-refractivity contribution >= 4 is 32.5 Å². The van der Waals surface area contributed by atoms with E-state index < -0.39 is 9.84 Å². The lowest BCUT2D eigenvalue weighted by Crippen LogP contribution is -2.34. The quantitative estimate of drug-likeness (QED) is 0.544. The van der Waals surface area contributed by atoms with Gasteiger partial charge in [0.25, 0.3) is 5.91 Å². The minimum absolute atomic E-state index is 0.181. The third kappa shape index (κ3) is 4.56. The van der Waals surface area contributed by atoms with Gasteiger partial charge >= 0.3 is 0 Å². The lowest BCUT2D eigenvalue weighted by atomic mass is 10.0. The van der Waals surface area contributed by atoms with Crippen LogP contribution in [0.3, 0.4) is 0 Å². The highest BCUT2D eigenvalue weighted by molar-refractivity contribution is 7.91. The number of aromatic nitrogens is 3. The topological polar surface area (TPSA) is 117 Å². The van der Waals surface area contributed by atoms with Gasteiger partial charge in [0, 0.05) is 29.7 Å². The highest BCUT2D eigenvalue weighted by Gasteiger charge is 2.26. The number of benzene rings is 1. The van der Waals surface area contributed by atoms with Crippen molar-refractivity contribution in [2.75, 3.05) is 23.4 Å². The summed E-state index contributed by atoms with van der Waals surface area (Å²) in [6, 6.07) is 8.22. The molecule has 2 aliphatic rings. The van der Waals surface area contributed by atoms with Crippen molar-refractivity contribution in [3.8, 4) is 11.1 Å². The van der Waals surface area contributed by atoms with Crippen LogP contribution in [0.1, 0.15) is 36.0 Å². The fraction of sp³-hybridized carbons (Fsp3) is 0.409. The summed E-state index contributed by atoms with van der Waals surface area (Å²) >= 11 is 0. The Bertz CT molecular complexity index is 1210. The molecule has 3 aromatic rings. The van der Waals surface area contributed by atoms with E-state index in [9.17, 15) is 13.2 Å². The molecule has 1 aliphatic heterocycles. The molecule has 2 aromatic heterocycles. The van der Waals surface area contributed by atoms with Gasteiger partial charge in [-0.3, -0.25) is 9.89 Å². The Morgan fingerprint density at radius 1 is 1.10 bits per heavy atom. The van der Waals surface area contributed by atoms with Crippen molar-refractivity contribution in [3.63, 3.8) is 0 Å². The van der Waals surface area contributed by atoms with E-state index in [-0.39, 0.29) is 23.3 Å². The van der Waals surface area contributed by atoms with Crippen molar-refractivity contribution in [1.29, 1.82) is 0 Å². The van der Waals surface area contributed by atoms with Crippen molar-refractivity contribution in [2.24, 2.45) is 5.92 Å². The third-order valence-electron chi connectivity index (χ3n) is 6.03. The summed E-state index contributed by atoms with van der Waals surface area (Å²) in [7, 11) is -2.91. The van der Waals surface area contributed by atoms with Crippen LogP contribution in [0.5, 0.6) is 0 Å². The van der Waals surface area contributed by atoms with Crippen LogP contribution in [0, 0.1) is 5.92 Å². The number of rotatable bonds is 6. The summed E-state index contributed by atoms with van der Waals surface area (Å²) in [6.07, 6.45) is 6.94. The molecule has 2 fully saturated rings. The first-order valence-electron chi connectivity index (χ1n) is 10.7. The van der Waals surface area contributed by atoms with E-state index in [0.29, 0.717) is 36.8 Å². The number of H-pyrrole nitrogens is 1. The zero-order chi connectivity index (χ0) is 21.4. The Morgan fingerprint density at radius 2 is 1.90 bits per heavy atom. The molecule has 0 atom stereocenters. The minimum atomic E-state index is -2.91. The fourth-order valence-electron chi connectivity index (χ4n) is 3.94. The first-order chi connectivity index (χ1) is 15.0. The maximum absolute atomic E-state index is 13.1. The van der Waals surface area contributed by atoms with Gasteiger partial charge in [-0.2, -0.15) is 5.10 Å². The zero-order valence-corrected chi connectivity index (χ0v) is 17.9. The van der Waals surface area contributed by atoms with Crippen LogP contribution < -0.4 is 10.6 Å². The highest BCUT2D eigenvalue weighted by atomic mass is 32.2. The monoisotopic (exact) mass is 439 g/mol. The van der Waals surface area contributed by atoms with E-state index in [1.165, 1.54) is 0 Å². The largest absolute Gasteiger partial charge is 0.367 e. The molecule has 1 saturated heterocycles. The molecule has 9 heteroatoms. The number of pyridine rings is 1. The van der Waals surface area contributed by atoms with Gasteiger partial charge in [0.05, 0.1) is 28.8 Å². The average Bonchev–Trinajstić information content (AvgIpc) is 3.40. The molecule has 1 amide bonds. The normalized spacial score (nSPS) is 18.7. The molecule has 162 valence electrons. The van der Waals surface area contributed by atoms with E-state index in [0.717, 1.165) is 34.9 Å². The fourth-order valence-corrected chi connectivity index (χ4v) is 5.53. The summed E-state index contributed by atoms with van der Waals surface area (Å²) < 4.78 is 23.3. The van der Waals surface area contributed by atoms with Gasteiger partial charge in [0.15, 0.2) is 0 Å². The molecule has 1 aliphatic carbocycles. The van der Waals surface area contributed by atoms with Crippen LogP contribution in [-0.2, 0) is 9.84 Å². The van der Waals surface area contributed by atoms with Crippen LogP contribution in [-0.4, -0.2) is 53.6 Å². The number of carbonyl (C=O) groups excluding carboxylic acids is 1. The first kappa shape index (κ1) is 20.0. The van der Waals surface area contributed by atoms with Gasteiger partial charge in [-0.1, -0.05) is 6.07 Å². The van der Waals surface area contributed by atoms with Gasteiger partial charge in [0.2, 0.25) is 0 Å². The first-order valence-corrected chi connectivity index (χ1v) is 12.5. The molecule has 0 radical (unpaired) electrons. The van der Waals surface area contributed by atoms with Gasteiger partial charge in [-0.05, 0) is 55.4 Å². The minimum Gasteiger partial charge on any atom is -0.367 e. The van der Waals surface area contributed by atoms with E-state index in [1.807, 2.05) is 30.5 Å². The molecule has 3 heterocycles. The molecule has 1 aromatic carbocycles. The van der Waals surface area contributed by atoms with E-state index >= 15 is 0 Å². The maximum Gasteiger partial charge on any atom is 0.255 e. The van der Waals surface area contributed by atoms with Crippen molar-refractivity contribution in [1.82, 2.24) is 20.5 Å². The molecule has 0 unspecified atom stereocenters. The summed E-state index contributed by atoms with van der Waals surface area (Å²) in [5, 5.41) is 14.1. The van der Waals surface area contributed by atoms with Gasteiger partial charge in [-0.25, -0.2) is 13.4 Å². The second kappa shape index (κ2) is 7.96. The molecular weight excluding hydrogens is 414 g/mol. The molecule has 3 N–H and O–H groups in total. The number of hydrogen-bond donors (Lipinski definition) is 3. The molecule has 0 bridgehead atoms. The second-order valence-corrected chi connectivity index (χ2v) is 10.8. The molecule has 0 spiro atoms. The Morgan fingerprint density at radius 3 is 2.61 bits per heavy atom. The van der Waals surface area contributed by atoms with E-state index in [4.69, 9.17) is 4.98 Å². The van der Waals surface area contributed by atoms with Gasteiger partial charge in [-0.15, -0.1) is 0 Å².